The number of rotatable bonds is 5. The van der Waals surface area contributed by atoms with Gasteiger partial charge in [-0.05, 0) is 47.2 Å². The molecule has 8 nitrogen and oxygen atoms in total. The molecule has 0 spiro atoms. The standard InChI is InChI=1S/C23H15F2N5O3S2/c24-17-2-1-3-18(25)16(17)12-35(32,33)15-8-9-20-19(11-15)26-23(31)21(34-20)10-13-4-6-14(7-5-13)22-27-29-30-28-22/h1-11H,12H2,(H,26,31)(H,27,28,29,30)/b21-10-. The first-order valence-corrected chi connectivity index (χ1v) is 12.6. The number of hydrogen-bond acceptors (Lipinski definition) is 7. The number of nitrogens with zero attached hydrogens (tertiary/aromatic N) is 3. The number of anilines is 1. The second kappa shape index (κ2) is 9.04. The van der Waals surface area contributed by atoms with Crippen molar-refractivity contribution in [1.29, 1.82) is 0 Å². The minimum Gasteiger partial charge on any atom is -0.320 e. The van der Waals surface area contributed by atoms with Crippen LogP contribution in [0.4, 0.5) is 14.5 Å². The Kier molecular flexibility index (Phi) is 5.91. The molecule has 1 aliphatic heterocycles. The second-order valence-corrected chi connectivity index (χ2v) is 10.6. The number of sulfone groups is 1. The molecular weight excluding hydrogens is 496 g/mol. The first kappa shape index (κ1) is 22.9. The third-order valence-corrected chi connectivity index (χ3v) is 7.95. The van der Waals surface area contributed by atoms with E-state index >= 15 is 0 Å². The molecule has 4 aromatic rings. The molecule has 1 aromatic heterocycles. The smallest absolute Gasteiger partial charge is 0.262 e. The average molecular weight is 512 g/mol. The zero-order chi connectivity index (χ0) is 24.6. The number of aromatic nitrogens is 4. The van der Waals surface area contributed by atoms with Gasteiger partial charge in [0.25, 0.3) is 5.91 Å². The number of aromatic amines is 1. The lowest BCUT2D eigenvalue weighted by atomic mass is 10.1. The van der Waals surface area contributed by atoms with Crippen LogP contribution in [0.3, 0.4) is 0 Å². The highest BCUT2D eigenvalue weighted by atomic mass is 32.2. The van der Waals surface area contributed by atoms with Gasteiger partial charge >= 0.3 is 0 Å². The van der Waals surface area contributed by atoms with E-state index in [1.165, 1.54) is 30.0 Å². The van der Waals surface area contributed by atoms with Gasteiger partial charge in [0.05, 0.1) is 21.2 Å². The van der Waals surface area contributed by atoms with E-state index in [4.69, 9.17) is 0 Å². The molecule has 5 rings (SSSR count). The van der Waals surface area contributed by atoms with E-state index in [-0.39, 0.29) is 4.90 Å². The Hall–Kier alpha value is -3.90. The van der Waals surface area contributed by atoms with Crippen molar-refractivity contribution >= 4 is 39.3 Å². The van der Waals surface area contributed by atoms with Crippen LogP contribution in [0.5, 0.6) is 0 Å². The molecule has 0 saturated heterocycles. The maximum absolute atomic E-state index is 14.0. The average Bonchev–Trinajstić information content (AvgIpc) is 3.37. The zero-order valence-electron chi connectivity index (χ0n) is 17.7. The van der Waals surface area contributed by atoms with Gasteiger partial charge in [0.1, 0.15) is 11.6 Å². The summed E-state index contributed by atoms with van der Waals surface area (Å²) in [5.74, 6) is -2.66. The number of fused-ring (bicyclic) bond motifs is 1. The normalized spacial score (nSPS) is 14.6. The summed E-state index contributed by atoms with van der Waals surface area (Å²) < 4.78 is 53.5. The number of H-pyrrole nitrogens is 1. The second-order valence-electron chi connectivity index (χ2n) is 7.54. The molecule has 0 bridgehead atoms. The number of tetrazole rings is 1. The Morgan fingerprint density at radius 2 is 1.74 bits per heavy atom. The predicted octanol–water partition coefficient (Wildman–Crippen LogP) is 4.20. The van der Waals surface area contributed by atoms with Gasteiger partial charge in [-0.2, -0.15) is 5.21 Å². The van der Waals surface area contributed by atoms with Gasteiger partial charge in [0, 0.05) is 16.0 Å². The summed E-state index contributed by atoms with van der Waals surface area (Å²) in [6.07, 6.45) is 1.70. The fourth-order valence-electron chi connectivity index (χ4n) is 3.44. The van der Waals surface area contributed by atoms with Crippen molar-refractivity contribution in [3.05, 3.63) is 88.3 Å². The van der Waals surface area contributed by atoms with E-state index in [9.17, 15) is 22.0 Å². The van der Waals surface area contributed by atoms with E-state index in [0.29, 0.717) is 21.3 Å². The van der Waals surface area contributed by atoms with Gasteiger partial charge in [-0.15, -0.1) is 10.2 Å². The molecule has 0 aliphatic carbocycles. The Bertz CT molecular complexity index is 1550. The third kappa shape index (κ3) is 4.70. The molecule has 0 fully saturated rings. The Morgan fingerprint density at radius 3 is 2.43 bits per heavy atom. The van der Waals surface area contributed by atoms with Crippen molar-refractivity contribution in [2.75, 3.05) is 5.32 Å². The highest BCUT2D eigenvalue weighted by molar-refractivity contribution is 8.04. The summed E-state index contributed by atoms with van der Waals surface area (Å²) in [7, 11) is -4.07. The van der Waals surface area contributed by atoms with E-state index < -0.39 is 38.7 Å². The van der Waals surface area contributed by atoms with Crippen LogP contribution in [-0.4, -0.2) is 34.9 Å². The summed E-state index contributed by atoms with van der Waals surface area (Å²) in [6.45, 7) is 0. The van der Waals surface area contributed by atoms with E-state index in [1.54, 1.807) is 36.4 Å². The van der Waals surface area contributed by atoms with Gasteiger partial charge in [-0.25, -0.2) is 17.2 Å². The lowest BCUT2D eigenvalue weighted by molar-refractivity contribution is -0.112. The number of nitrogens with one attached hydrogen (secondary N) is 2. The maximum Gasteiger partial charge on any atom is 0.262 e. The Morgan fingerprint density at radius 1 is 1.00 bits per heavy atom. The fraction of sp³-hybridized carbons (Fsp3) is 0.0435. The van der Waals surface area contributed by atoms with Crippen LogP contribution in [0.2, 0.25) is 0 Å². The van der Waals surface area contributed by atoms with Crippen LogP contribution >= 0.6 is 11.8 Å². The zero-order valence-corrected chi connectivity index (χ0v) is 19.3. The summed E-state index contributed by atoms with van der Waals surface area (Å²) >= 11 is 1.18. The van der Waals surface area contributed by atoms with Crippen LogP contribution in [0.25, 0.3) is 17.5 Å². The number of benzene rings is 3. The molecule has 1 amide bonds. The molecule has 1 aliphatic rings. The molecule has 2 N–H and O–H groups in total. The van der Waals surface area contributed by atoms with Gasteiger partial charge in [-0.3, -0.25) is 4.79 Å². The van der Waals surface area contributed by atoms with Crippen LogP contribution < -0.4 is 5.32 Å². The summed E-state index contributed by atoms with van der Waals surface area (Å²) in [6, 6.07) is 14.6. The first-order chi connectivity index (χ1) is 16.8. The molecule has 12 heteroatoms. The minimum atomic E-state index is -4.07. The topological polar surface area (TPSA) is 118 Å². The minimum absolute atomic E-state index is 0.149. The molecule has 0 unspecified atom stereocenters. The molecule has 0 radical (unpaired) electrons. The molecule has 0 atom stereocenters. The van der Waals surface area contributed by atoms with Crippen molar-refractivity contribution in [2.45, 2.75) is 15.5 Å². The number of carbonyl (C=O) groups excluding carboxylic acids is 1. The first-order valence-electron chi connectivity index (χ1n) is 10.1. The van der Waals surface area contributed by atoms with Gasteiger partial charge < -0.3 is 5.32 Å². The largest absolute Gasteiger partial charge is 0.320 e. The predicted molar refractivity (Wildman–Crippen MR) is 126 cm³/mol. The number of carbonyl (C=O) groups is 1. The number of amides is 1. The van der Waals surface area contributed by atoms with Crippen molar-refractivity contribution in [2.24, 2.45) is 0 Å². The van der Waals surface area contributed by atoms with Crippen LogP contribution in [-0.2, 0) is 20.4 Å². The van der Waals surface area contributed by atoms with Crippen molar-refractivity contribution in [1.82, 2.24) is 20.6 Å². The van der Waals surface area contributed by atoms with Crippen LogP contribution in [0, 0.1) is 11.6 Å². The molecule has 2 heterocycles. The monoisotopic (exact) mass is 511 g/mol. The molecular formula is C23H15F2N5O3S2. The highest BCUT2D eigenvalue weighted by Gasteiger charge is 2.25. The van der Waals surface area contributed by atoms with E-state index in [1.807, 2.05) is 0 Å². The number of thioether (sulfide) groups is 1. The van der Waals surface area contributed by atoms with Crippen molar-refractivity contribution in [3.8, 4) is 11.4 Å². The third-order valence-electron chi connectivity index (χ3n) is 5.21. The van der Waals surface area contributed by atoms with Gasteiger partial charge in [0.15, 0.2) is 9.84 Å². The van der Waals surface area contributed by atoms with Crippen molar-refractivity contribution in [3.63, 3.8) is 0 Å². The van der Waals surface area contributed by atoms with Gasteiger partial charge in [0.2, 0.25) is 5.82 Å². The van der Waals surface area contributed by atoms with Crippen LogP contribution in [0.1, 0.15) is 11.1 Å². The van der Waals surface area contributed by atoms with Crippen LogP contribution in [0.15, 0.2) is 75.4 Å². The highest BCUT2D eigenvalue weighted by Crippen LogP contribution is 2.40. The number of hydrogen-bond donors (Lipinski definition) is 2. The molecule has 35 heavy (non-hydrogen) atoms. The molecule has 3 aromatic carbocycles. The lowest BCUT2D eigenvalue weighted by Gasteiger charge is -2.19. The SMILES string of the molecule is O=C1Nc2cc(S(=O)(=O)Cc3c(F)cccc3F)ccc2S/C1=C\c1ccc(-c2nn[nH]n2)cc1. The molecule has 176 valence electrons. The quantitative estimate of drug-likeness (QED) is 0.386. The Labute approximate surface area is 202 Å². The number of halogens is 2. The lowest BCUT2D eigenvalue weighted by Crippen LogP contribution is -2.18. The van der Waals surface area contributed by atoms with Gasteiger partial charge in [-0.1, -0.05) is 42.1 Å². The van der Waals surface area contributed by atoms with E-state index in [2.05, 4.69) is 25.9 Å². The van der Waals surface area contributed by atoms with E-state index in [0.717, 1.165) is 23.3 Å². The fourth-order valence-corrected chi connectivity index (χ4v) is 5.77. The van der Waals surface area contributed by atoms with Crippen molar-refractivity contribution < 1.29 is 22.0 Å². The summed E-state index contributed by atoms with van der Waals surface area (Å²) in [5.41, 5.74) is 1.30. The Balaban J connectivity index is 1.38. The maximum atomic E-state index is 14.0. The summed E-state index contributed by atoms with van der Waals surface area (Å²) in [5, 5.41) is 16.4. The molecule has 0 saturated carbocycles. The summed E-state index contributed by atoms with van der Waals surface area (Å²) in [4.78, 5) is 13.6.